The molecule has 0 radical (unpaired) electrons. The number of rotatable bonds is 5. The number of benzene rings is 2. The maximum atomic E-state index is 12.4. The molecular weight excluding hydrogens is 372 g/mol. The molecule has 2 N–H and O–H groups in total. The summed E-state index contributed by atoms with van der Waals surface area (Å²) in [4.78, 5) is 29.3. The number of thiazole rings is 1. The van der Waals surface area contributed by atoms with Crippen LogP contribution in [0, 0.1) is 18.3 Å². The molecule has 0 aliphatic heterocycles. The van der Waals surface area contributed by atoms with Crippen molar-refractivity contribution in [3.63, 3.8) is 0 Å². The molecule has 1 aromatic heterocycles. The van der Waals surface area contributed by atoms with Crippen LogP contribution in [0.2, 0.25) is 0 Å². The van der Waals surface area contributed by atoms with Gasteiger partial charge in [-0.15, -0.1) is 11.3 Å². The summed E-state index contributed by atoms with van der Waals surface area (Å²) in [5.41, 5.74) is 7.98. The van der Waals surface area contributed by atoms with Crippen LogP contribution in [0.15, 0.2) is 54.6 Å². The van der Waals surface area contributed by atoms with Gasteiger partial charge in [0.15, 0.2) is 0 Å². The summed E-state index contributed by atoms with van der Waals surface area (Å²) in [5, 5.41) is 9.55. The summed E-state index contributed by atoms with van der Waals surface area (Å²) in [5.74, 6) is -0.674. The summed E-state index contributed by atoms with van der Waals surface area (Å²) >= 11 is 1.29. The molecule has 140 valence electrons. The topological polar surface area (TPSA) is 94.9 Å². The molecular formula is C21H18N4O2S. The van der Waals surface area contributed by atoms with Crippen molar-refractivity contribution in [1.82, 2.24) is 15.8 Å². The molecule has 7 heteroatoms. The number of aryl methyl sites for hydroxylation is 2. The van der Waals surface area contributed by atoms with Gasteiger partial charge in [0.2, 0.25) is 5.91 Å². The second kappa shape index (κ2) is 8.93. The first-order valence-electron chi connectivity index (χ1n) is 8.68. The van der Waals surface area contributed by atoms with Crippen LogP contribution in [0.5, 0.6) is 0 Å². The molecule has 3 aromatic rings. The highest BCUT2D eigenvalue weighted by atomic mass is 32.1. The van der Waals surface area contributed by atoms with Gasteiger partial charge in [0.05, 0.1) is 17.3 Å². The van der Waals surface area contributed by atoms with E-state index in [9.17, 15) is 9.59 Å². The Balaban J connectivity index is 1.53. The molecule has 0 bridgehead atoms. The van der Waals surface area contributed by atoms with Crippen LogP contribution in [0.3, 0.4) is 0 Å². The van der Waals surface area contributed by atoms with E-state index in [-0.39, 0.29) is 18.2 Å². The maximum Gasteiger partial charge on any atom is 0.281 e. The highest BCUT2D eigenvalue weighted by molar-refractivity contribution is 7.17. The Morgan fingerprint density at radius 1 is 1.07 bits per heavy atom. The fourth-order valence-corrected chi connectivity index (χ4v) is 3.53. The van der Waals surface area contributed by atoms with Gasteiger partial charge in [0, 0.05) is 12.0 Å². The van der Waals surface area contributed by atoms with Crippen LogP contribution >= 0.6 is 11.3 Å². The highest BCUT2D eigenvalue weighted by Gasteiger charge is 2.16. The molecule has 0 unspecified atom stereocenters. The number of amides is 2. The van der Waals surface area contributed by atoms with Crippen molar-refractivity contribution >= 4 is 23.2 Å². The molecule has 0 aliphatic rings. The Labute approximate surface area is 166 Å². The number of hydrogen-bond donors (Lipinski definition) is 2. The van der Waals surface area contributed by atoms with Crippen LogP contribution in [0.25, 0.3) is 10.6 Å². The third-order valence-corrected chi connectivity index (χ3v) is 5.27. The molecule has 2 aromatic carbocycles. The van der Waals surface area contributed by atoms with Gasteiger partial charge in [-0.25, -0.2) is 4.98 Å². The van der Waals surface area contributed by atoms with E-state index in [4.69, 9.17) is 5.26 Å². The monoisotopic (exact) mass is 390 g/mol. The minimum atomic E-state index is -0.385. The Morgan fingerprint density at radius 2 is 1.79 bits per heavy atom. The second-order valence-electron chi connectivity index (χ2n) is 6.11. The van der Waals surface area contributed by atoms with Gasteiger partial charge in [0.25, 0.3) is 5.91 Å². The van der Waals surface area contributed by atoms with Crippen LogP contribution in [0.4, 0.5) is 0 Å². The number of nitriles is 1. The minimum Gasteiger partial charge on any atom is -0.273 e. The number of hydrogen-bond acceptors (Lipinski definition) is 5. The Hall–Kier alpha value is -3.50. The van der Waals surface area contributed by atoms with Crippen molar-refractivity contribution in [1.29, 1.82) is 5.26 Å². The van der Waals surface area contributed by atoms with Crippen LogP contribution in [-0.4, -0.2) is 16.8 Å². The molecule has 0 spiro atoms. The van der Waals surface area contributed by atoms with Gasteiger partial charge >= 0.3 is 0 Å². The van der Waals surface area contributed by atoms with Gasteiger partial charge in [-0.05, 0) is 31.0 Å². The van der Waals surface area contributed by atoms with E-state index in [1.807, 2.05) is 42.5 Å². The molecule has 0 aliphatic carbocycles. The van der Waals surface area contributed by atoms with Crippen LogP contribution < -0.4 is 10.9 Å². The molecule has 1 heterocycles. The van der Waals surface area contributed by atoms with Gasteiger partial charge in [-0.1, -0.05) is 42.5 Å². The zero-order valence-corrected chi connectivity index (χ0v) is 16.0. The van der Waals surface area contributed by atoms with Crippen molar-refractivity contribution in [3.8, 4) is 16.6 Å². The quantitative estimate of drug-likeness (QED) is 0.653. The molecule has 3 rings (SSSR count). The number of carbonyl (C=O) groups is 2. The number of carbonyl (C=O) groups excluding carboxylic acids is 2. The Kier molecular flexibility index (Phi) is 6.14. The van der Waals surface area contributed by atoms with E-state index in [0.717, 1.165) is 16.1 Å². The van der Waals surface area contributed by atoms with E-state index in [1.165, 1.54) is 11.3 Å². The van der Waals surface area contributed by atoms with E-state index in [0.29, 0.717) is 22.6 Å². The molecule has 0 atom stereocenters. The largest absolute Gasteiger partial charge is 0.281 e. The average molecular weight is 390 g/mol. The van der Waals surface area contributed by atoms with Crippen molar-refractivity contribution in [2.75, 3.05) is 0 Å². The summed E-state index contributed by atoms with van der Waals surface area (Å²) in [6.07, 6.45) is 0.744. The summed E-state index contributed by atoms with van der Waals surface area (Å²) in [6, 6.07) is 18.7. The van der Waals surface area contributed by atoms with Gasteiger partial charge in [0.1, 0.15) is 9.88 Å². The van der Waals surface area contributed by atoms with Crippen molar-refractivity contribution in [2.24, 2.45) is 0 Å². The minimum absolute atomic E-state index is 0.225. The predicted molar refractivity (Wildman–Crippen MR) is 107 cm³/mol. The Morgan fingerprint density at radius 3 is 2.46 bits per heavy atom. The first-order chi connectivity index (χ1) is 13.6. The predicted octanol–water partition coefficient (Wildman–Crippen LogP) is 3.38. The lowest BCUT2D eigenvalue weighted by Crippen LogP contribution is -2.41. The van der Waals surface area contributed by atoms with Gasteiger partial charge in [-0.3, -0.25) is 20.4 Å². The van der Waals surface area contributed by atoms with Gasteiger partial charge in [-0.2, -0.15) is 5.26 Å². The molecule has 0 fully saturated rings. The lowest BCUT2D eigenvalue weighted by Gasteiger charge is -2.06. The van der Waals surface area contributed by atoms with E-state index >= 15 is 0 Å². The highest BCUT2D eigenvalue weighted by Crippen LogP contribution is 2.27. The van der Waals surface area contributed by atoms with E-state index < -0.39 is 0 Å². The summed E-state index contributed by atoms with van der Waals surface area (Å²) < 4.78 is 0. The molecule has 0 saturated carbocycles. The lowest BCUT2D eigenvalue weighted by molar-refractivity contribution is -0.121. The van der Waals surface area contributed by atoms with Crippen LogP contribution in [0.1, 0.15) is 32.9 Å². The Bertz CT molecular complexity index is 1020. The van der Waals surface area contributed by atoms with E-state index in [1.54, 1.807) is 19.1 Å². The SMILES string of the molecule is Cc1nc(-c2ccccc2)sc1C(=O)NNC(=O)CCc1ccc(C#N)cc1. The number of hydrazine groups is 1. The van der Waals surface area contributed by atoms with Gasteiger partial charge < -0.3 is 0 Å². The number of nitrogens with zero attached hydrogens (tertiary/aromatic N) is 2. The first kappa shape index (κ1) is 19.3. The fourth-order valence-electron chi connectivity index (χ4n) is 2.56. The molecule has 6 nitrogen and oxygen atoms in total. The number of nitrogens with one attached hydrogen (secondary N) is 2. The maximum absolute atomic E-state index is 12.4. The van der Waals surface area contributed by atoms with Crippen molar-refractivity contribution < 1.29 is 9.59 Å². The summed E-state index contributed by atoms with van der Waals surface area (Å²) in [7, 11) is 0. The third-order valence-electron chi connectivity index (χ3n) is 4.06. The van der Waals surface area contributed by atoms with E-state index in [2.05, 4.69) is 21.9 Å². The van der Waals surface area contributed by atoms with Crippen molar-refractivity contribution in [3.05, 3.63) is 76.3 Å². The summed E-state index contributed by atoms with van der Waals surface area (Å²) in [6.45, 7) is 1.77. The zero-order chi connectivity index (χ0) is 19.9. The van der Waals surface area contributed by atoms with Crippen molar-refractivity contribution in [2.45, 2.75) is 19.8 Å². The normalized spacial score (nSPS) is 10.1. The zero-order valence-electron chi connectivity index (χ0n) is 15.2. The average Bonchev–Trinajstić information content (AvgIpc) is 3.13. The molecule has 28 heavy (non-hydrogen) atoms. The lowest BCUT2D eigenvalue weighted by atomic mass is 10.1. The fraction of sp³-hybridized carbons (Fsp3) is 0.143. The van der Waals surface area contributed by atoms with Crippen LogP contribution in [-0.2, 0) is 11.2 Å². The second-order valence-corrected chi connectivity index (χ2v) is 7.11. The number of aromatic nitrogens is 1. The first-order valence-corrected chi connectivity index (χ1v) is 9.49. The smallest absolute Gasteiger partial charge is 0.273 e. The standard InChI is InChI=1S/C21H18N4O2S/c1-14-19(28-21(23-14)17-5-3-2-4-6-17)20(27)25-24-18(26)12-11-15-7-9-16(13-22)10-8-15/h2-10H,11-12H2,1H3,(H,24,26)(H,25,27). The third kappa shape index (κ3) is 4.81. The molecule has 2 amide bonds. The molecule has 0 saturated heterocycles.